The Hall–Kier alpha value is -3.60. The van der Waals surface area contributed by atoms with Crippen molar-refractivity contribution in [3.8, 4) is 0 Å². The lowest BCUT2D eigenvalue weighted by molar-refractivity contribution is -0.140. The number of thioether (sulfide) groups is 1. The number of rotatable bonds is 12. The Morgan fingerprint density at radius 1 is 0.848 bits per heavy atom. The van der Waals surface area contributed by atoms with E-state index in [9.17, 15) is 18.0 Å². The minimum atomic E-state index is -4.16. The van der Waals surface area contributed by atoms with Gasteiger partial charge in [0.1, 0.15) is 12.6 Å². The van der Waals surface area contributed by atoms with E-state index in [1.165, 1.54) is 16.7 Å². The predicted molar refractivity (Wildman–Crippen MR) is 190 cm³/mol. The molecule has 0 aliphatic rings. The molecule has 0 aliphatic heterocycles. The van der Waals surface area contributed by atoms with E-state index >= 15 is 0 Å². The molecule has 2 amide bonds. The maximum Gasteiger partial charge on any atom is 0.264 e. The van der Waals surface area contributed by atoms with Gasteiger partial charge in [-0.3, -0.25) is 13.9 Å². The van der Waals surface area contributed by atoms with Crippen LogP contribution in [0.2, 0.25) is 0 Å². The molecule has 0 unspecified atom stereocenters. The van der Waals surface area contributed by atoms with Gasteiger partial charge in [-0.25, -0.2) is 8.42 Å². The number of nitrogens with zero attached hydrogens (tertiary/aromatic N) is 2. The van der Waals surface area contributed by atoms with Crippen molar-refractivity contribution in [2.45, 2.75) is 62.0 Å². The first-order valence-corrected chi connectivity index (χ1v) is 18.4. The Morgan fingerprint density at radius 2 is 1.46 bits per heavy atom. The number of anilines is 1. The summed E-state index contributed by atoms with van der Waals surface area (Å²) in [5, 5.41) is 3.05. The average Bonchev–Trinajstić information content (AvgIpc) is 3.02. The monoisotopic (exact) mass is 721 g/mol. The fourth-order valence-electron chi connectivity index (χ4n) is 4.91. The molecule has 242 valence electrons. The molecule has 4 rings (SSSR count). The first-order valence-electron chi connectivity index (χ1n) is 14.9. The number of nitrogens with one attached hydrogen (secondary N) is 1. The smallest absolute Gasteiger partial charge is 0.264 e. The minimum Gasteiger partial charge on any atom is -0.350 e. The lowest BCUT2D eigenvalue weighted by atomic mass is 10.0. The second kappa shape index (κ2) is 15.3. The highest BCUT2D eigenvalue weighted by molar-refractivity contribution is 9.10. The van der Waals surface area contributed by atoms with Gasteiger partial charge in [-0.15, -0.1) is 11.8 Å². The number of sulfonamides is 1. The highest BCUT2D eigenvalue weighted by Gasteiger charge is 2.35. The zero-order chi connectivity index (χ0) is 33.5. The van der Waals surface area contributed by atoms with Crippen LogP contribution in [-0.4, -0.2) is 49.5 Å². The summed E-state index contributed by atoms with van der Waals surface area (Å²) < 4.78 is 30.5. The van der Waals surface area contributed by atoms with Crippen LogP contribution in [0.5, 0.6) is 0 Å². The van der Waals surface area contributed by atoms with Crippen LogP contribution in [0.15, 0.2) is 117 Å². The quantitative estimate of drug-likeness (QED) is 0.156. The van der Waals surface area contributed by atoms with Gasteiger partial charge >= 0.3 is 0 Å². The number of amides is 2. The van der Waals surface area contributed by atoms with Gasteiger partial charge in [-0.05, 0) is 93.6 Å². The Bertz CT molecular complexity index is 1720. The molecule has 10 heteroatoms. The van der Waals surface area contributed by atoms with Crippen LogP contribution >= 0.6 is 27.7 Å². The third-order valence-corrected chi connectivity index (χ3v) is 10.3. The first-order chi connectivity index (χ1) is 21.8. The van der Waals surface area contributed by atoms with Crippen molar-refractivity contribution in [2.75, 3.05) is 17.1 Å². The van der Waals surface area contributed by atoms with E-state index in [2.05, 4.69) is 21.2 Å². The second-order valence-corrected chi connectivity index (χ2v) is 15.8. The summed E-state index contributed by atoms with van der Waals surface area (Å²) in [5.74, 6) is -0.822. The molecule has 0 bridgehead atoms. The topological polar surface area (TPSA) is 86.8 Å². The van der Waals surface area contributed by atoms with Crippen LogP contribution in [-0.2, 0) is 32.6 Å². The molecule has 0 fully saturated rings. The molecule has 0 heterocycles. The van der Waals surface area contributed by atoms with Crippen LogP contribution in [0.25, 0.3) is 0 Å². The molecule has 0 aromatic heterocycles. The summed E-state index contributed by atoms with van der Waals surface area (Å²) in [6.07, 6.45) is 2.17. The van der Waals surface area contributed by atoms with Gasteiger partial charge in [-0.1, -0.05) is 76.1 Å². The molecule has 0 saturated carbocycles. The van der Waals surface area contributed by atoms with Crippen LogP contribution in [0.4, 0.5) is 5.69 Å². The Balaban J connectivity index is 1.81. The van der Waals surface area contributed by atoms with Gasteiger partial charge in [-0.2, -0.15) is 0 Å². The van der Waals surface area contributed by atoms with Crippen molar-refractivity contribution in [2.24, 2.45) is 0 Å². The zero-order valence-corrected chi connectivity index (χ0v) is 30.0. The fourth-order valence-corrected chi connectivity index (χ4v) is 6.99. The highest BCUT2D eigenvalue weighted by atomic mass is 79.9. The fraction of sp³-hybridized carbons (Fsp3) is 0.278. The van der Waals surface area contributed by atoms with Crippen molar-refractivity contribution in [1.29, 1.82) is 0 Å². The average molecular weight is 723 g/mol. The largest absolute Gasteiger partial charge is 0.350 e. The van der Waals surface area contributed by atoms with Crippen molar-refractivity contribution in [1.82, 2.24) is 10.2 Å². The molecule has 46 heavy (non-hydrogen) atoms. The number of hydrogen-bond donors (Lipinski definition) is 1. The van der Waals surface area contributed by atoms with Crippen molar-refractivity contribution in [3.05, 3.63) is 124 Å². The van der Waals surface area contributed by atoms with E-state index in [0.717, 1.165) is 30.4 Å². The number of aryl methyl sites for hydroxylation is 1. The van der Waals surface area contributed by atoms with Gasteiger partial charge in [0.25, 0.3) is 10.0 Å². The van der Waals surface area contributed by atoms with Crippen LogP contribution in [0.3, 0.4) is 0 Å². The number of hydrogen-bond acceptors (Lipinski definition) is 5. The number of benzene rings is 4. The van der Waals surface area contributed by atoms with Crippen molar-refractivity contribution >= 4 is 55.2 Å². The Kier molecular flexibility index (Phi) is 11.7. The SMILES string of the molecule is CSc1ccc(S(=O)(=O)N(CC(=O)N(Cc2ccc(Br)cc2)[C@H](Cc2ccccc2)C(=O)NC(C)(C)C)c2ccc(C)cc2)cc1. The molecule has 0 aliphatic carbocycles. The lowest BCUT2D eigenvalue weighted by Crippen LogP contribution is -2.56. The van der Waals surface area contributed by atoms with Crippen LogP contribution < -0.4 is 9.62 Å². The number of carbonyl (C=O) groups excluding carboxylic acids is 2. The summed E-state index contributed by atoms with van der Waals surface area (Å²) >= 11 is 4.98. The van der Waals surface area contributed by atoms with E-state index in [0.29, 0.717) is 5.69 Å². The highest BCUT2D eigenvalue weighted by Crippen LogP contribution is 2.27. The minimum absolute atomic E-state index is 0.0736. The summed E-state index contributed by atoms with van der Waals surface area (Å²) in [4.78, 5) is 31.1. The summed E-state index contributed by atoms with van der Waals surface area (Å²) in [5.41, 5.74) is 2.43. The van der Waals surface area contributed by atoms with Gasteiger partial charge < -0.3 is 10.2 Å². The molecular formula is C36H40BrN3O4S2. The lowest BCUT2D eigenvalue weighted by Gasteiger charge is -2.35. The maximum atomic E-state index is 14.6. The summed E-state index contributed by atoms with van der Waals surface area (Å²) in [6, 6.07) is 29.8. The van der Waals surface area contributed by atoms with Crippen LogP contribution in [0.1, 0.15) is 37.5 Å². The molecule has 1 N–H and O–H groups in total. The predicted octanol–water partition coefficient (Wildman–Crippen LogP) is 7.23. The first kappa shape index (κ1) is 35.3. The van der Waals surface area contributed by atoms with Gasteiger partial charge in [0, 0.05) is 27.9 Å². The molecule has 4 aromatic rings. The summed E-state index contributed by atoms with van der Waals surface area (Å²) in [6.45, 7) is 7.18. The van der Waals surface area contributed by atoms with E-state index < -0.39 is 34.1 Å². The van der Waals surface area contributed by atoms with Gasteiger partial charge in [0.2, 0.25) is 11.8 Å². The van der Waals surface area contributed by atoms with E-state index in [1.807, 2.05) is 101 Å². The number of carbonyl (C=O) groups is 2. The maximum absolute atomic E-state index is 14.6. The van der Waals surface area contributed by atoms with E-state index in [4.69, 9.17) is 0 Å². The second-order valence-electron chi connectivity index (χ2n) is 12.1. The van der Waals surface area contributed by atoms with Crippen molar-refractivity contribution < 1.29 is 18.0 Å². The standard InChI is InChI=1S/C36H40BrN3O4S2/c1-26-11-17-30(18-12-26)40(46(43,44)32-21-19-31(45-5)20-22-32)25-34(41)39(24-28-13-15-29(37)16-14-28)33(35(42)38-36(2,3)4)23-27-9-7-6-8-10-27/h6-22,33H,23-25H2,1-5H3,(H,38,42)/t33-/m1/s1. The molecule has 1 atom stereocenters. The normalized spacial score (nSPS) is 12.3. The van der Waals surface area contributed by atoms with Crippen LogP contribution in [0, 0.1) is 6.92 Å². The molecule has 0 radical (unpaired) electrons. The van der Waals surface area contributed by atoms with E-state index in [1.54, 1.807) is 36.4 Å². The van der Waals surface area contributed by atoms with E-state index in [-0.39, 0.29) is 23.8 Å². The molecular weight excluding hydrogens is 682 g/mol. The van der Waals surface area contributed by atoms with Crippen molar-refractivity contribution in [3.63, 3.8) is 0 Å². The third-order valence-electron chi connectivity index (χ3n) is 7.28. The van der Waals surface area contributed by atoms with Gasteiger partial charge in [0.15, 0.2) is 0 Å². The molecule has 7 nitrogen and oxygen atoms in total. The molecule has 4 aromatic carbocycles. The molecule has 0 saturated heterocycles. The summed E-state index contributed by atoms with van der Waals surface area (Å²) in [7, 11) is -4.16. The molecule has 0 spiro atoms. The Labute approximate surface area is 285 Å². The third kappa shape index (κ3) is 9.47. The Morgan fingerprint density at radius 3 is 2.02 bits per heavy atom. The van der Waals surface area contributed by atoms with Gasteiger partial charge in [0.05, 0.1) is 10.6 Å². The number of halogens is 1. The zero-order valence-electron chi connectivity index (χ0n) is 26.7.